The molecule has 23 heteroatoms. The number of carbonyl (C=O) groups is 10. The van der Waals surface area contributed by atoms with Crippen molar-refractivity contribution in [3.05, 3.63) is 71.8 Å². The smallest absolute Gasteiger partial charge is 0.305 e. The van der Waals surface area contributed by atoms with Gasteiger partial charge in [-0.05, 0) is 108 Å². The molecule has 9 amide bonds. The number of hydrogen-bond acceptors (Lipinski definition) is 13. The van der Waals surface area contributed by atoms with Crippen LogP contribution in [0.5, 0.6) is 0 Å². The molecule has 1 aliphatic rings. The van der Waals surface area contributed by atoms with Crippen LogP contribution in [-0.2, 0) is 60.8 Å². The van der Waals surface area contributed by atoms with E-state index in [1.54, 1.807) is 77.3 Å². The second kappa shape index (κ2) is 37.5. The number of nitrogens with one attached hydrogen (secondary N) is 3. The van der Waals surface area contributed by atoms with E-state index in [2.05, 4.69) is 16.0 Å². The van der Waals surface area contributed by atoms with Gasteiger partial charge < -0.3 is 60.5 Å². The van der Waals surface area contributed by atoms with E-state index < -0.39 is 120 Å². The summed E-state index contributed by atoms with van der Waals surface area (Å²) in [5, 5.41) is 31.1. The Labute approximate surface area is 542 Å². The van der Waals surface area contributed by atoms with Gasteiger partial charge in [0.25, 0.3) is 0 Å². The average Bonchev–Trinajstić information content (AvgIpc) is 1.25. The number of amides is 9. The number of aliphatic carboxylic acids is 1. The van der Waals surface area contributed by atoms with Gasteiger partial charge in [0.1, 0.15) is 48.5 Å². The van der Waals surface area contributed by atoms with Crippen LogP contribution in [0, 0.1) is 23.7 Å². The summed E-state index contributed by atoms with van der Waals surface area (Å²) >= 11 is 0. The summed E-state index contributed by atoms with van der Waals surface area (Å²) < 4.78 is 0. The highest BCUT2D eigenvalue weighted by molar-refractivity contribution is 5.97. The highest BCUT2D eigenvalue weighted by Gasteiger charge is 2.44. The van der Waals surface area contributed by atoms with Gasteiger partial charge in [-0.25, -0.2) is 0 Å². The van der Waals surface area contributed by atoms with Crippen LogP contribution in [0.15, 0.2) is 60.7 Å². The van der Waals surface area contributed by atoms with E-state index in [1.807, 2.05) is 85.7 Å². The predicted molar refractivity (Wildman–Crippen MR) is 351 cm³/mol. The van der Waals surface area contributed by atoms with Crippen molar-refractivity contribution in [3.63, 3.8) is 0 Å². The molecule has 1 aliphatic heterocycles. The number of piperidine rings is 1. The van der Waals surface area contributed by atoms with Crippen molar-refractivity contribution in [1.82, 2.24) is 55.1 Å². The van der Waals surface area contributed by atoms with E-state index in [1.165, 1.54) is 62.5 Å². The first kappa shape index (κ1) is 78.3. The lowest BCUT2D eigenvalue weighted by Gasteiger charge is -2.43. The van der Waals surface area contributed by atoms with E-state index in [0.717, 1.165) is 24.8 Å². The second-order valence-electron chi connectivity index (χ2n) is 26.4. The summed E-state index contributed by atoms with van der Waals surface area (Å²) in [4.78, 5) is 154. The standard InChI is InChI=1S/C68H111N11O12/c1-19-46(8)59(71-57(80)33-34-69-11)68(91)78(18)53(37-43(2)3)64(87)72(12)47(9)61(84)76(16)55(39-45(6)7)67(90)77(17)56(41-50-31-25-21-26-32-50)65(88)73(13)48(10)62(85)75(15)54(38-44(4)5)66(89)74(14)52(40-49-29-23-20-24-30-49)60(83)70-51(42-58(81)82)63(86)79-35-27-22-28-36-79/h20-21,23-26,29-32,43-48,51-56,59,67,69,90H,19,22,27-28,33-42H2,1-18H3,(H,70,83)(H,71,80)(H,81,82)/t46-,47?,48-,51?,52?,53-,54?,55?,56-,59?,67?/m0/s1. The molecule has 0 saturated carbocycles. The minimum absolute atomic E-state index is 0.00693. The number of likely N-dealkylation sites (N-methyl/N-ethyl adjacent to an activating group) is 7. The summed E-state index contributed by atoms with van der Waals surface area (Å²) in [6.07, 6.45) is 1.72. The van der Waals surface area contributed by atoms with E-state index in [9.17, 15) is 48.6 Å². The number of benzene rings is 2. The molecule has 0 radical (unpaired) electrons. The highest BCUT2D eigenvalue weighted by Crippen LogP contribution is 2.26. The Morgan fingerprint density at radius 3 is 1.41 bits per heavy atom. The summed E-state index contributed by atoms with van der Waals surface area (Å²) in [6.45, 7) is 19.7. The van der Waals surface area contributed by atoms with Gasteiger partial charge in [-0.3, -0.25) is 52.8 Å². The minimum atomic E-state index is -1.49. The Balaban J connectivity index is 2.00. The molecule has 2 aromatic rings. The van der Waals surface area contributed by atoms with Gasteiger partial charge in [-0.1, -0.05) is 122 Å². The van der Waals surface area contributed by atoms with Crippen LogP contribution in [0.1, 0.15) is 138 Å². The molecule has 1 fully saturated rings. The molecule has 0 spiro atoms. The lowest BCUT2D eigenvalue weighted by molar-refractivity contribution is -0.157. The number of nitrogens with zero attached hydrogens (tertiary/aromatic N) is 8. The summed E-state index contributed by atoms with van der Waals surface area (Å²) in [6, 6.07) is 8.00. The SMILES string of the molecule is CC[C@H](C)C(NC(=O)CCNC)C(=O)N(C)[C@@H](CC(C)C)C(=O)N(C)C(C)C(=O)N(C)C(CC(C)C)C(O)N(C)[C@@H](Cc1ccccc1)C(=O)N(C)[C@@H](C)C(=O)N(C)C(CC(C)C)C(=O)N(C)C(Cc1ccccc1)C(=O)NC(CC(=O)O)C(=O)N1CCCCC1. The number of carboxylic acid groups (broad SMARTS) is 1. The van der Waals surface area contributed by atoms with Gasteiger partial charge in [0.05, 0.1) is 18.5 Å². The molecule has 3 rings (SSSR count). The van der Waals surface area contributed by atoms with Crippen LogP contribution < -0.4 is 16.0 Å². The zero-order chi connectivity index (χ0) is 68.7. The summed E-state index contributed by atoms with van der Waals surface area (Å²) in [7, 11) is 12.3. The maximum atomic E-state index is 15.3. The van der Waals surface area contributed by atoms with Crippen molar-refractivity contribution in [1.29, 1.82) is 0 Å². The number of carbonyl (C=O) groups excluding carboxylic acids is 9. The second-order valence-corrected chi connectivity index (χ2v) is 26.4. The van der Waals surface area contributed by atoms with Gasteiger partial charge >= 0.3 is 5.97 Å². The van der Waals surface area contributed by atoms with Crippen LogP contribution in [-0.4, -0.2) is 245 Å². The number of hydrogen-bond donors (Lipinski definition) is 5. The third-order valence-corrected chi connectivity index (χ3v) is 18.0. The van der Waals surface area contributed by atoms with Crippen molar-refractivity contribution < 1.29 is 58.2 Å². The van der Waals surface area contributed by atoms with Gasteiger partial charge in [-0.2, -0.15) is 0 Å². The lowest BCUT2D eigenvalue weighted by atomic mass is 9.95. The Hall–Kier alpha value is -6.98. The van der Waals surface area contributed by atoms with Crippen molar-refractivity contribution in [2.24, 2.45) is 23.7 Å². The molecule has 5 N–H and O–H groups in total. The highest BCUT2D eigenvalue weighted by atomic mass is 16.4. The van der Waals surface area contributed by atoms with Crippen LogP contribution in [0.3, 0.4) is 0 Å². The fourth-order valence-electron chi connectivity index (χ4n) is 11.6. The molecule has 11 atom stereocenters. The number of carboxylic acids is 1. The molecule has 23 nitrogen and oxygen atoms in total. The Morgan fingerprint density at radius 1 is 0.527 bits per heavy atom. The molecule has 510 valence electrons. The quantitative estimate of drug-likeness (QED) is 0.0594. The number of rotatable bonds is 36. The molecular formula is C68H111N11O12. The monoisotopic (exact) mass is 1270 g/mol. The van der Waals surface area contributed by atoms with E-state index in [4.69, 9.17) is 0 Å². The minimum Gasteiger partial charge on any atom is -0.481 e. The third-order valence-electron chi connectivity index (χ3n) is 18.0. The van der Waals surface area contributed by atoms with Crippen molar-refractivity contribution in [2.45, 2.75) is 200 Å². The molecule has 91 heavy (non-hydrogen) atoms. The molecule has 1 heterocycles. The fraction of sp³-hybridized carbons (Fsp3) is 0.676. The fourth-order valence-corrected chi connectivity index (χ4v) is 11.6. The van der Waals surface area contributed by atoms with Crippen LogP contribution in [0.4, 0.5) is 0 Å². The summed E-state index contributed by atoms with van der Waals surface area (Å²) in [5.74, 6) is -6.59. The molecule has 1 saturated heterocycles. The number of likely N-dealkylation sites (tertiary alicyclic amines) is 1. The van der Waals surface area contributed by atoms with Crippen molar-refractivity contribution in [2.75, 3.05) is 76.0 Å². The van der Waals surface area contributed by atoms with Crippen molar-refractivity contribution in [3.8, 4) is 0 Å². The molecule has 0 aromatic heterocycles. The van der Waals surface area contributed by atoms with E-state index >= 15 is 9.59 Å². The van der Waals surface area contributed by atoms with Crippen molar-refractivity contribution >= 4 is 59.1 Å². The van der Waals surface area contributed by atoms with E-state index in [0.29, 0.717) is 31.6 Å². The topological polar surface area (TPSA) is 273 Å². The third kappa shape index (κ3) is 22.7. The lowest BCUT2D eigenvalue weighted by Crippen LogP contribution is -2.62. The molecular weight excluding hydrogens is 1160 g/mol. The predicted octanol–water partition coefficient (Wildman–Crippen LogP) is 4.34. The molecule has 0 aliphatic carbocycles. The first-order chi connectivity index (χ1) is 42.7. The van der Waals surface area contributed by atoms with Gasteiger partial charge in [0.15, 0.2) is 0 Å². The van der Waals surface area contributed by atoms with Gasteiger partial charge in [0.2, 0.25) is 53.2 Å². The molecule has 7 unspecified atom stereocenters. The van der Waals surface area contributed by atoms with Gasteiger partial charge in [-0.15, -0.1) is 0 Å². The molecule has 0 bridgehead atoms. The Bertz CT molecular complexity index is 2690. The zero-order valence-corrected chi connectivity index (χ0v) is 57.8. The first-order valence-electron chi connectivity index (χ1n) is 32.5. The van der Waals surface area contributed by atoms with Gasteiger partial charge in [0, 0.05) is 74.8 Å². The number of aliphatic hydroxyl groups excluding tert-OH is 1. The maximum absolute atomic E-state index is 15.3. The normalized spacial score (nSPS) is 16.2. The maximum Gasteiger partial charge on any atom is 0.305 e. The zero-order valence-electron chi connectivity index (χ0n) is 57.8. The Kier molecular flexibility index (Phi) is 32.3. The first-order valence-corrected chi connectivity index (χ1v) is 32.5. The van der Waals surface area contributed by atoms with E-state index in [-0.39, 0.29) is 68.1 Å². The largest absolute Gasteiger partial charge is 0.481 e. The molecule has 2 aromatic carbocycles. The van der Waals surface area contributed by atoms with Crippen LogP contribution in [0.25, 0.3) is 0 Å². The average molecular weight is 1270 g/mol. The Morgan fingerprint density at radius 2 is 0.956 bits per heavy atom. The number of aliphatic hydroxyl groups is 1. The van der Waals surface area contributed by atoms with Crippen LogP contribution >= 0.6 is 0 Å². The summed E-state index contributed by atoms with van der Waals surface area (Å²) in [5.41, 5.74) is 1.42. The van der Waals surface area contributed by atoms with Crippen LogP contribution in [0.2, 0.25) is 0 Å².